The van der Waals surface area contributed by atoms with Crippen molar-refractivity contribution in [3.8, 4) is 11.5 Å². The van der Waals surface area contributed by atoms with Gasteiger partial charge in [-0.15, -0.1) is 0 Å². The van der Waals surface area contributed by atoms with Gasteiger partial charge < -0.3 is 19.5 Å². The molecule has 2 aromatic rings. The minimum absolute atomic E-state index is 0.103. The number of likely N-dealkylation sites (tertiary alicyclic amines) is 1. The summed E-state index contributed by atoms with van der Waals surface area (Å²) in [5.41, 5.74) is 2.92. The van der Waals surface area contributed by atoms with Crippen LogP contribution in [0.5, 0.6) is 11.5 Å². The van der Waals surface area contributed by atoms with Crippen LogP contribution in [0.3, 0.4) is 0 Å². The van der Waals surface area contributed by atoms with Gasteiger partial charge in [-0.3, -0.25) is 25.0 Å². The number of hydroxylamine groups is 1. The van der Waals surface area contributed by atoms with Gasteiger partial charge in [-0.05, 0) is 71.2 Å². The van der Waals surface area contributed by atoms with Crippen molar-refractivity contribution in [1.29, 1.82) is 0 Å². The van der Waals surface area contributed by atoms with E-state index in [1.807, 2.05) is 33.8 Å². The number of nitrogens with zero attached hydrogens (tertiary/aromatic N) is 2. The first-order chi connectivity index (χ1) is 18.9. The summed E-state index contributed by atoms with van der Waals surface area (Å²) >= 11 is 12.3. The molecular weight excluding hydrogens is 559 g/mol. The summed E-state index contributed by atoms with van der Waals surface area (Å²) < 4.78 is 17.2. The Bertz CT molecular complexity index is 1280. The number of hydrogen-bond acceptors (Lipinski definition) is 8. The van der Waals surface area contributed by atoms with Gasteiger partial charge in [0.1, 0.15) is 17.8 Å². The van der Waals surface area contributed by atoms with Gasteiger partial charge in [0.05, 0.1) is 34.6 Å². The summed E-state index contributed by atoms with van der Waals surface area (Å²) in [7, 11) is 1.51. The monoisotopic (exact) mass is 592 g/mol. The van der Waals surface area contributed by atoms with E-state index in [-0.39, 0.29) is 34.5 Å². The Morgan fingerprint density at radius 3 is 2.60 bits per heavy atom. The molecule has 0 radical (unpaired) electrons. The zero-order chi connectivity index (χ0) is 29.1. The number of hydrogen-bond donors (Lipinski definition) is 2. The largest absolute Gasteiger partial charge is 0.493 e. The quantitative estimate of drug-likeness (QED) is 0.403. The lowest BCUT2D eigenvalue weighted by molar-refractivity contribution is -0.0564. The summed E-state index contributed by atoms with van der Waals surface area (Å²) in [5, 5.41) is 3.14. The van der Waals surface area contributed by atoms with Crippen molar-refractivity contribution in [3.63, 3.8) is 0 Å². The SMILES string of the molecule is COc1ccc(C(=O)Nc2c(Cl)cncc2Cl)cc1OCC1(C)C=C(C2CCCCN2C(=O)OC(C)(C)C)NO1. The zero-order valence-corrected chi connectivity index (χ0v) is 24.7. The number of carbonyl (C=O) groups excluding carboxylic acids is 2. The number of amides is 2. The van der Waals surface area contributed by atoms with Gasteiger partial charge in [-0.2, -0.15) is 0 Å². The molecule has 10 nitrogen and oxygen atoms in total. The third kappa shape index (κ3) is 7.10. The van der Waals surface area contributed by atoms with E-state index in [1.165, 1.54) is 19.5 Å². The first-order valence-corrected chi connectivity index (χ1v) is 13.7. The third-order valence-electron chi connectivity index (χ3n) is 6.38. The normalized spacial score (nSPS) is 20.8. The molecule has 2 atom stereocenters. The number of rotatable bonds is 7. The fourth-order valence-electron chi connectivity index (χ4n) is 4.46. The fourth-order valence-corrected chi connectivity index (χ4v) is 4.92. The molecule has 40 heavy (non-hydrogen) atoms. The molecule has 0 spiro atoms. The van der Waals surface area contributed by atoms with Crippen molar-refractivity contribution >= 4 is 40.9 Å². The molecule has 0 aliphatic carbocycles. The van der Waals surface area contributed by atoms with E-state index in [2.05, 4.69) is 15.8 Å². The Kier molecular flexibility index (Phi) is 9.02. The zero-order valence-electron chi connectivity index (χ0n) is 23.2. The molecule has 2 aliphatic heterocycles. The van der Waals surface area contributed by atoms with E-state index in [1.54, 1.807) is 23.1 Å². The van der Waals surface area contributed by atoms with Crippen molar-refractivity contribution in [2.45, 2.75) is 64.2 Å². The summed E-state index contributed by atoms with van der Waals surface area (Å²) in [5.74, 6) is 0.356. The second-order valence-corrected chi connectivity index (χ2v) is 11.7. The average Bonchev–Trinajstić information content (AvgIpc) is 3.30. The van der Waals surface area contributed by atoms with Crippen molar-refractivity contribution in [3.05, 3.63) is 58.0 Å². The van der Waals surface area contributed by atoms with E-state index in [0.29, 0.717) is 23.6 Å². The lowest BCUT2D eigenvalue weighted by Crippen LogP contribution is -2.48. The van der Waals surface area contributed by atoms with Crippen LogP contribution in [0.15, 0.2) is 42.4 Å². The molecule has 0 saturated carbocycles. The molecule has 3 heterocycles. The minimum atomic E-state index is -0.853. The maximum absolute atomic E-state index is 13.0. The van der Waals surface area contributed by atoms with Gasteiger partial charge in [-0.1, -0.05) is 23.2 Å². The first kappa shape index (κ1) is 29.8. The number of benzene rings is 1. The van der Waals surface area contributed by atoms with Crippen LogP contribution in [0.2, 0.25) is 10.0 Å². The summed E-state index contributed by atoms with van der Waals surface area (Å²) in [6.07, 6.45) is 7.05. The maximum atomic E-state index is 13.0. The first-order valence-electron chi connectivity index (χ1n) is 13.0. The number of nitrogens with one attached hydrogen (secondary N) is 2. The van der Waals surface area contributed by atoms with Crippen LogP contribution >= 0.6 is 23.2 Å². The molecule has 2 unspecified atom stereocenters. The van der Waals surface area contributed by atoms with Gasteiger partial charge >= 0.3 is 6.09 Å². The molecule has 1 aromatic carbocycles. The number of piperidine rings is 1. The number of anilines is 1. The molecule has 12 heteroatoms. The fraction of sp³-hybridized carbons (Fsp3) is 0.464. The predicted octanol–water partition coefficient (Wildman–Crippen LogP) is 6.00. The molecule has 4 rings (SSSR count). The molecule has 1 aromatic heterocycles. The Labute approximate surface area is 243 Å². The van der Waals surface area contributed by atoms with Crippen LogP contribution in [-0.2, 0) is 9.57 Å². The van der Waals surface area contributed by atoms with E-state index in [4.69, 9.17) is 42.3 Å². The van der Waals surface area contributed by atoms with E-state index < -0.39 is 17.1 Å². The number of halogens is 2. The summed E-state index contributed by atoms with van der Waals surface area (Å²) in [4.78, 5) is 37.4. The maximum Gasteiger partial charge on any atom is 0.410 e. The van der Waals surface area contributed by atoms with Gasteiger partial charge in [0, 0.05) is 24.5 Å². The minimum Gasteiger partial charge on any atom is -0.493 e. The van der Waals surface area contributed by atoms with Gasteiger partial charge in [-0.25, -0.2) is 4.79 Å². The molecule has 1 saturated heterocycles. The van der Waals surface area contributed by atoms with Crippen LogP contribution < -0.4 is 20.3 Å². The lowest BCUT2D eigenvalue weighted by Gasteiger charge is -2.37. The van der Waals surface area contributed by atoms with Gasteiger partial charge in [0.2, 0.25) is 0 Å². The Balaban J connectivity index is 1.47. The third-order valence-corrected chi connectivity index (χ3v) is 6.96. The highest BCUT2D eigenvalue weighted by molar-refractivity contribution is 6.39. The topological polar surface area (TPSA) is 111 Å². The Hall–Kier alpha value is -3.21. The van der Waals surface area contributed by atoms with Crippen LogP contribution in [0, 0.1) is 0 Å². The number of aromatic nitrogens is 1. The molecule has 2 N–H and O–H groups in total. The molecule has 2 aliphatic rings. The smallest absolute Gasteiger partial charge is 0.410 e. The number of carbonyl (C=O) groups is 2. The second-order valence-electron chi connectivity index (χ2n) is 10.9. The van der Waals surface area contributed by atoms with Gasteiger partial charge in [0.15, 0.2) is 11.5 Å². The standard InChI is InChI=1S/C28H34Cl2N4O6/c1-27(2,3)39-26(36)34-11-7-6-8-21(34)20-13-28(4,40-33-20)16-38-23-12-17(9-10-22(23)37-5)25(35)32-24-18(29)14-31-15-19(24)30/h9-10,12-15,21,33H,6-8,11,16H2,1-5H3,(H,31,32,35). The molecule has 1 fully saturated rings. The number of methoxy groups -OCH3 is 1. The second kappa shape index (κ2) is 12.1. The Morgan fingerprint density at radius 2 is 1.93 bits per heavy atom. The average molecular weight is 594 g/mol. The summed E-state index contributed by atoms with van der Waals surface area (Å²) in [6, 6.07) is 4.61. The van der Waals surface area contributed by atoms with Crippen molar-refractivity contribution in [2.75, 3.05) is 25.6 Å². The molecule has 0 bridgehead atoms. The predicted molar refractivity (Wildman–Crippen MR) is 152 cm³/mol. The summed E-state index contributed by atoms with van der Waals surface area (Å²) in [6.45, 7) is 8.13. The van der Waals surface area contributed by atoms with Crippen LogP contribution in [0.1, 0.15) is 57.3 Å². The number of pyridine rings is 1. The number of ether oxygens (including phenoxy) is 3. The van der Waals surface area contributed by atoms with Gasteiger partial charge in [0.25, 0.3) is 5.91 Å². The van der Waals surface area contributed by atoms with E-state index in [9.17, 15) is 9.59 Å². The van der Waals surface area contributed by atoms with Crippen LogP contribution in [0.4, 0.5) is 10.5 Å². The van der Waals surface area contributed by atoms with E-state index >= 15 is 0 Å². The van der Waals surface area contributed by atoms with Crippen molar-refractivity contribution < 1.29 is 28.6 Å². The van der Waals surface area contributed by atoms with E-state index in [0.717, 1.165) is 25.0 Å². The Morgan fingerprint density at radius 1 is 1.20 bits per heavy atom. The molecular formula is C28H34Cl2N4O6. The van der Waals surface area contributed by atoms with Crippen molar-refractivity contribution in [1.82, 2.24) is 15.4 Å². The highest BCUT2D eigenvalue weighted by atomic mass is 35.5. The highest BCUT2D eigenvalue weighted by Crippen LogP contribution is 2.34. The van der Waals surface area contributed by atoms with Crippen molar-refractivity contribution in [2.24, 2.45) is 0 Å². The molecule has 2 amide bonds. The van der Waals surface area contributed by atoms with Crippen LogP contribution in [0.25, 0.3) is 0 Å². The lowest BCUT2D eigenvalue weighted by atomic mass is 9.97. The van der Waals surface area contributed by atoms with Crippen LogP contribution in [-0.4, -0.2) is 59.4 Å². The molecule has 216 valence electrons. The highest BCUT2D eigenvalue weighted by Gasteiger charge is 2.39.